The van der Waals surface area contributed by atoms with Crippen LogP contribution in [0.5, 0.6) is 0 Å². The molecule has 4 heteroatoms. The second kappa shape index (κ2) is 5.43. The molecule has 0 spiro atoms. The van der Waals surface area contributed by atoms with Crippen LogP contribution in [-0.4, -0.2) is 6.04 Å². The van der Waals surface area contributed by atoms with Crippen molar-refractivity contribution < 1.29 is 13.2 Å². The number of alkyl halides is 3. The van der Waals surface area contributed by atoms with Crippen LogP contribution in [0.2, 0.25) is 0 Å². The zero-order valence-electron chi connectivity index (χ0n) is 11.3. The summed E-state index contributed by atoms with van der Waals surface area (Å²) in [5, 5.41) is 3.11. The molecule has 0 saturated heterocycles. The van der Waals surface area contributed by atoms with Gasteiger partial charge in [-0.1, -0.05) is 26.0 Å². The number of nitrogens with one attached hydrogen (secondary N) is 1. The van der Waals surface area contributed by atoms with Gasteiger partial charge in [0, 0.05) is 11.7 Å². The molecule has 0 aromatic heterocycles. The van der Waals surface area contributed by atoms with Gasteiger partial charge in [-0.2, -0.15) is 13.2 Å². The highest BCUT2D eigenvalue weighted by atomic mass is 19.4. The first kappa shape index (κ1) is 14.2. The van der Waals surface area contributed by atoms with E-state index in [1.54, 1.807) is 6.07 Å². The molecule has 0 bridgehead atoms. The van der Waals surface area contributed by atoms with Crippen LogP contribution in [0, 0.1) is 11.8 Å². The van der Waals surface area contributed by atoms with E-state index in [0.717, 1.165) is 25.3 Å². The third-order valence-electron chi connectivity index (χ3n) is 4.00. The number of rotatable bonds is 2. The normalized spacial score (nSPS) is 28.2. The van der Waals surface area contributed by atoms with E-state index in [1.165, 1.54) is 12.1 Å². The van der Waals surface area contributed by atoms with Crippen molar-refractivity contribution in [3.05, 3.63) is 29.8 Å². The van der Waals surface area contributed by atoms with E-state index in [0.29, 0.717) is 11.8 Å². The number of anilines is 1. The summed E-state index contributed by atoms with van der Waals surface area (Å²) in [5.74, 6) is 1.08. The van der Waals surface area contributed by atoms with E-state index in [-0.39, 0.29) is 11.7 Å². The van der Waals surface area contributed by atoms with Crippen molar-refractivity contribution in [2.75, 3.05) is 5.32 Å². The Morgan fingerprint density at radius 3 is 2.42 bits per heavy atom. The molecule has 3 atom stereocenters. The fourth-order valence-corrected chi connectivity index (χ4v) is 2.94. The summed E-state index contributed by atoms with van der Waals surface area (Å²) in [5.41, 5.74) is -0.359. The Morgan fingerprint density at radius 1 is 1.11 bits per heavy atom. The largest absolute Gasteiger partial charge is 0.418 e. The molecule has 19 heavy (non-hydrogen) atoms. The van der Waals surface area contributed by atoms with Crippen LogP contribution in [0.3, 0.4) is 0 Å². The average Bonchev–Trinajstić information content (AvgIpc) is 2.32. The molecular weight excluding hydrogens is 251 g/mol. The van der Waals surface area contributed by atoms with E-state index >= 15 is 0 Å². The molecule has 1 nitrogen and oxygen atoms in total. The van der Waals surface area contributed by atoms with Crippen molar-refractivity contribution in [3.8, 4) is 0 Å². The van der Waals surface area contributed by atoms with Crippen molar-refractivity contribution in [1.29, 1.82) is 0 Å². The summed E-state index contributed by atoms with van der Waals surface area (Å²) in [4.78, 5) is 0. The maximum Gasteiger partial charge on any atom is 0.418 e. The van der Waals surface area contributed by atoms with Gasteiger partial charge < -0.3 is 5.32 Å². The van der Waals surface area contributed by atoms with Gasteiger partial charge in [0.15, 0.2) is 0 Å². The van der Waals surface area contributed by atoms with Gasteiger partial charge in [-0.05, 0) is 43.2 Å². The molecule has 1 aliphatic rings. The third-order valence-corrected chi connectivity index (χ3v) is 4.00. The molecule has 1 aromatic carbocycles. The Morgan fingerprint density at radius 2 is 1.79 bits per heavy atom. The number of benzene rings is 1. The lowest BCUT2D eigenvalue weighted by Crippen LogP contribution is -2.33. The molecule has 0 radical (unpaired) electrons. The van der Waals surface area contributed by atoms with Crippen molar-refractivity contribution in [2.24, 2.45) is 11.8 Å². The molecule has 0 heterocycles. The predicted octanol–water partition coefficient (Wildman–Crippen LogP) is 4.94. The van der Waals surface area contributed by atoms with Crippen LogP contribution < -0.4 is 5.32 Å². The molecule has 1 saturated carbocycles. The zero-order chi connectivity index (χ0) is 14.0. The molecule has 1 fully saturated rings. The van der Waals surface area contributed by atoms with Gasteiger partial charge in [0.25, 0.3) is 0 Å². The van der Waals surface area contributed by atoms with Crippen LogP contribution in [0.1, 0.15) is 38.7 Å². The second-order valence-electron chi connectivity index (χ2n) is 5.69. The van der Waals surface area contributed by atoms with E-state index in [2.05, 4.69) is 19.2 Å². The standard InChI is InChI=1S/C15H20F3N/c1-10-7-8-13(11(2)9-10)19-14-6-4-3-5-12(14)15(16,17)18/h3-6,10-11,13,19H,7-9H2,1-2H3. The van der Waals surface area contributed by atoms with Gasteiger partial charge >= 0.3 is 6.18 Å². The molecule has 2 rings (SSSR count). The number of para-hydroxylation sites is 1. The quantitative estimate of drug-likeness (QED) is 0.803. The molecule has 1 aliphatic carbocycles. The van der Waals surface area contributed by atoms with Gasteiger partial charge in [0.2, 0.25) is 0 Å². The van der Waals surface area contributed by atoms with E-state index < -0.39 is 11.7 Å². The van der Waals surface area contributed by atoms with Gasteiger partial charge in [0.1, 0.15) is 0 Å². The molecule has 0 amide bonds. The van der Waals surface area contributed by atoms with Crippen LogP contribution in [-0.2, 0) is 6.18 Å². The van der Waals surface area contributed by atoms with Crippen molar-refractivity contribution >= 4 is 5.69 Å². The molecule has 106 valence electrons. The lowest BCUT2D eigenvalue weighted by Gasteiger charge is -2.34. The lowest BCUT2D eigenvalue weighted by molar-refractivity contribution is -0.137. The van der Waals surface area contributed by atoms with E-state index in [4.69, 9.17) is 0 Å². The highest BCUT2D eigenvalue weighted by molar-refractivity contribution is 5.53. The molecular formula is C15H20F3N. The maximum absolute atomic E-state index is 12.9. The molecule has 0 aliphatic heterocycles. The predicted molar refractivity (Wildman–Crippen MR) is 71.0 cm³/mol. The highest BCUT2D eigenvalue weighted by Crippen LogP contribution is 2.37. The Kier molecular flexibility index (Phi) is 4.07. The van der Waals surface area contributed by atoms with Crippen LogP contribution in [0.25, 0.3) is 0 Å². The second-order valence-corrected chi connectivity index (χ2v) is 5.69. The first-order valence-corrected chi connectivity index (χ1v) is 6.80. The fraction of sp³-hybridized carbons (Fsp3) is 0.600. The van der Waals surface area contributed by atoms with E-state index in [1.807, 2.05) is 0 Å². The van der Waals surface area contributed by atoms with Crippen LogP contribution in [0.15, 0.2) is 24.3 Å². The molecule has 1 aromatic rings. The lowest BCUT2D eigenvalue weighted by atomic mass is 9.79. The van der Waals surface area contributed by atoms with Gasteiger partial charge in [-0.25, -0.2) is 0 Å². The van der Waals surface area contributed by atoms with Crippen LogP contribution >= 0.6 is 0 Å². The van der Waals surface area contributed by atoms with Gasteiger partial charge in [-0.3, -0.25) is 0 Å². The third kappa shape index (κ3) is 3.43. The SMILES string of the molecule is CC1CCC(Nc2ccccc2C(F)(F)F)C(C)C1. The zero-order valence-corrected chi connectivity index (χ0v) is 11.3. The van der Waals surface area contributed by atoms with Crippen molar-refractivity contribution in [1.82, 2.24) is 0 Å². The monoisotopic (exact) mass is 271 g/mol. The minimum atomic E-state index is -4.30. The highest BCUT2D eigenvalue weighted by Gasteiger charge is 2.34. The Bertz CT molecular complexity index is 428. The summed E-state index contributed by atoms with van der Waals surface area (Å²) >= 11 is 0. The molecule has 3 unspecified atom stereocenters. The van der Waals surface area contributed by atoms with E-state index in [9.17, 15) is 13.2 Å². The maximum atomic E-state index is 12.9. The van der Waals surface area contributed by atoms with Crippen molar-refractivity contribution in [2.45, 2.75) is 45.3 Å². The summed E-state index contributed by atoms with van der Waals surface area (Å²) in [7, 11) is 0. The minimum absolute atomic E-state index is 0.139. The molecule has 1 N–H and O–H groups in total. The Labute approximate surface area is 112 Å². The summed E-state index contributed by atoms with van der Waals surface area (Å²) in [6, 6.07) is 5.87. The summed E-state index contributed by atoms with van der Waals surface area (Å²) in [6.07, 6.45) is -1.20. The number of hydrogen-bond acceptors (Lipinski definition) is 1. The van der Waals surface area contributed by atoms with Gasteiger partial charge in [-0.15, -0.1) is 0 Å². The Balaban J connectivity index is 2.15. The summed E-state index contributed by atoms with van der Waals surface area (Å²) < 4.78 is 38.8. The minimum Gasteiger partial charge on any atom is -0.382 e. The average molecular weight is 271 g/mol. The number of halogens is 3. The topological polar surface area (TPSA) is 12.0 Å². The number of hydrogen-bond donors (Lipinski definition) is 1. The first-order valence-electron chi connectivity index (χ1n) is 6.80. The smallest absolute Gasteiger partial charge is 0.382 e. The van der Waals surface area contributed by atoms with Crippen molar-refractivity contribution in [3.63, 3.8) is 0 Å². The summed E-state index contributed by atoms with van der Waals surface area (Å²) in [6.45, 7) is 4.32. The van der Waals surface area contributed by atoms with Gasteiger partial charge in [0.05, 0.1) is 5.56 Å². The first-order chi connectivity index (χ1) is 8.88. The van der Waals surface area contributed by atoms with Crippen LogP contribution in [0.4, 0.5) is 18.9 Å². The Hall–Kier alpha value is -1.19. The fourth-order valence-electron chi connectivity index (χ4n) is 2.94.